The first kappa shape index (κ1) is 25.1. The van der Waals surface area contributed by atoms with Crippen molar-refractivity contribution in [2.45, 2.75) is 50.3 Å². The van der Waals surface area contributed by atoms with Crippen molar-refractivity contribution in [1.82, 2.24) is 9.79 Å². The van der Waals surface area contributed by atoms with E-state index in [0.29, 0.717) is 18.8 Å². The summed E-state index contributed by atoms with van der Waals surface area (Å²) in [6.07, 6.45) is 7.32. The second-order valence-corrected chi connectivity index (χ2v) is 9.22. The third kappa shape index (κ3) is 6.90. The maximum atomic E-state index is 13.3. The Morgan fingerprint density at radius 2 is 2.06 bits per heavy atom. The molecule has 2 rings (SSSR count). The monoisotopic (exact) mass is 456 g/mol. The highest BCUT2D eigenvalue weighted by atomic mass is 32.2. The molecule has 1 fully saturated rings. The summed E-state index contributed by atoms with van der Waals surface area (Å²) in [4.78, 5) is 18.1. The van der Waals surface area contributed by atoms with Crippen LogP contribution >= 0.6 is 0 Å². The summed E-state index contributed by atoms with van der Waals surface area (Å²) >= 11 is 0. The number of hydrogen-bond donors (Lipinski definition) is 1. The van der Waals surface area contributed by atoms with E-state index in [1.165, 1.54) is 24.3 Å². The van der Waals surface area contributed by atoms with Crippen LogP contribution in [0, 0.1) is 18.3 Å². The Kier molecular flexibility index (Phi) is 9.71. The summed E-state index contributed by atoms with van der Waals surface area (Å²) < 4.78 is 50.4. The average Bonchev–Trinajstić information content (AvgIpc) is 2.76. The number of nitrogens with zero attached hydrogens (tertiary/aromatic N) is 1. The lowest BCUT2D eigenvalue weighted by Crippen LogP contribution is -2.53. The number of carbonyl (C=O) groups is 1. The van der Waals surface area contributed by atoms with Gasteiger partial charge in [0.2, 0.25) is 10.0 Å². The van der Waals surface area contributed by atoms with Gasteiger partial charge in [-0.15, -0.1) is 6.42 Å². The molecular weight excluding hydrogens is 427 g/mol. The minimum atomic E-state index is -4.12. The third-order valence-electron chi connectivity index (χ3n) is 4.66. The lowest BCUT2D eigenvalue weighted by atomic mass is 10.0. The highest BCUT2D eigenvalue weighted by molar-refractivity contribution is 7.89. The second-order valence-electron chi connectivity index (χ2n) is 7.33. The van der Waals surface area contributed by atoms with Gasteiger partial charge in [0.1, 0.15) is 25.1 Å². The quantitative estimate of drug-likeness (QED) is 0.406. The number of nitrogens with one attached hydrogen (secondary N) is 1. The van der Waals surface area contributed by atoms with E-state index in [1.807, 2.05) is 0 Å². The van der Waals surface area contributed by atoms with E-state index in [0.717, 1.165) is 17.1 Å². The number of rotatable bonds is 11. The number of ether oxygens (including phenoxy) is 2. The molecule has 2 atom stereocenters. The Bertz CT molecular complexity index is 848. The molecule has 0 aromatic heterocycles. The topological polar surface area (TPSA) is 94.2 Å². The predicted octanol–water partition coefficient (Wildman–Crippen LogP) is 2.26. The van der Waals surface area contributed by atoms with Crippen LogP contribution in [0.4, 0.5) is 4.39 Å². The normalized spacial score (nSPS) is 17.9. The number of hydroxylamine groups is 1. The predicted molar refractivity (Wildman–Crippen MR) is 112 cm³/mol. The molecule has 1 heterocycles. The van der Waals surface area contributed by atoms with E-state index >= 15 is 0 Å². The number of sulfonamides is 1. The molecule has 1 unspecified atom stereocenters. The van der Waals surface area contributed by atoms with Crippen molar-refractivity contribution in [2.24, 2.45) is 5.92 Å². The molecule has 1 aromatic carbocycles. The average molecular weight is 457 g/mol. The van der Waals surface area contributed by atoms with E-state index in [4.69, 9.17) is 20.7 Å². The van der Waals surface area contributed by atoms with Crippen molar-refractivity contribution in [2.75, 3.05) is 26.4 Å². The third-order valence-corrected chi connectivity index (χ3v) is 6.50. The van der Waals surface area contributed by atoms with Gasteiger partial charge in [-0.1, -0.05) is 19.8 Å². The van der Waals surface area contributed by atoms with Gasteiger partial charge in [-0.3, -0.25) is 4.79 Å². The molecule has 0 aliphatic carbocycles. The number of amides is 1. The molecule has 1 aliphatic rings. The van der Waals surface area contributed by atoms with Crippen LogP contribution in [0.25, 0.3) is 0 Å². The van der Waals surface area contributed by atoms with Gasteiger partial charge in [0.25, 0.3) is 5.91 Å². The van der Waals surface area contributed by atoms with Crippen LogP contribution in [-0.2, 0) is 24.4 Å². The number of hydrogen-bond acceptors (Lipinski definition) is 6. The van der Waals surface area contributed by atoms with Crippen molar-refractivity contribution in [3.05, 3.63) is 24.3 Å². The molecule has 1 aliphatic heterocycles. The molecule has 8 nitrogen and oxygen atoms in total. The zero-order valence-electron chi connectivity index (χ0n) is 17.8. The Labute approximate surface area is 183 Å². The lowest BCUT2D eigenvalue weighted by Gasteiger charge is -2.31. The van der Waals surface area contributed by atoms with Crippen molar-refractivity contribution in [3.63, 3.8) is 0 Å². The first-order valence-corrected chi connectivity index (χ1v) is 11.6. The van der Waals surface area contributed by atoms with Crippen molar-refractivity contribution >= 4 is 15.9 Å². The summed E-state index contributed by atoms with van der Waals surface area (Å²) in [7, 11) is -4.12. The number of terminal acetylenes is 1. The summed E-state index contributed by atoms with van der Waals surface area (Å²) in [6, 6.07) is 4.39. The Hall–Kier alpha value is -2.19. The molecule has 0 saturated carbocycles. The van der Waals surface area contributed by atoms with Crippen LogP contribution in [0.5, 0.6) is 5.75 Å². The number of benzene rings is 1. The second kappa shape index (κ2) is 12.0. The smallest absolute Gasteiger partial charge is 0.262 e. The van der Waals surface area contributed by atoms with Crippen LogP contribution in [0.2, 0.25) is 0 Å². The number of halogens is 1. The van der Waals surface area contributed by atoms with Crippen LogP contribution in [-0.4, -0.2) is 57.4 Å². The van der Waals surface area contributed by atoms with Crippen LogP contribution in [0.3, 0.4) is 0 Å². The maximum absolute atomic E-state index is 13.3. The number of carbonyl (C=O) groups excluding carboxylic acids is 1. The van der Waals surface area contributed by atoms with E-state index in [2.05, 4.69) is 11.4 Å². The molecule has 10 heteroatoms. The first-order valence-electron chi connectivity index (χ1n) is 10.1. The first-order chi connectivity index (χ1) is 14.8. The molecule has 172 valence electrons. The van der Waals surface area contributed by atoms with Crippen molar-refractivity contribution in [3.8, 4) is 18.1 Å². The molecule has 1 saturated heterocycles. The van der Waals surface area contributed by atoms with E-state index in [1.54, 1.807) is 13.8 Å². The highest BCUT2D eigenvalue weighted by Gasteiger charge is 2.38. The van der Waals surface area contributed by atoms with Crippen molar-refractivity contribution < 1.29 is 31.9 Å². The Balaban J connectivity index is 2.21. The van der Waals surface area contributed by atoms with Crippen molar-refractivity contribution in [1.29, 1.82) is 0 Å². The van der Waals surface area contributed by atoms with Gasteiger partial charge in [0.05, 0.1) is 11.4 Å². The fourth-order valence-electron chi connectivity index (χ4n) is 3.18. The summed E-state index contributed by atoms with van der Waals surface area (Å²) in [5.74, 6) is 1.62. The Morgan fingerprint density at radius 1 is 1.35 bits per heavy atom. The van der Waals surface area contributed by atoms with Gasteiger partial charge >= 0.3 is 0 Å². The lowest BCUT2D eigenvalue weighted by molar-refractivity contribution is -0.202. The van der Waals surface area contributed by atoms with Crippen LogP contribution in [0.15, 0.2) is 29.2 Å². The largest absolute Gasteiger partial charge is 0.491 e. The molecular formula is C21H29FN2O6S. The maximum Gasteiger partial charge on any atom is 0.262 e. The van der Waals surface area contributed by atoms with Crippen LogP contribution < -0.4 is 10.2 Å². The highest BCUT2D eigenvalue weighted by Crippen LogP contribution is 2.24. The minimum Gasteiger partial charge on any atom is -0.491 e. The van der Waals surface area contributed by atoms with Gasteiger partial charge in [0.15, 0.2) is 6.29 Å². The molecule has 1 N–H and O–H groups in total. The van der Waals surface area contributed by atoms with Gasteiger partial charge < -0.3 is 9.47 Å². The molecule has 0 radical (unpaired) electrons. The van der Waals surface area contributed by atoms with Gasteiger partial charge in [-0.05, 0) is 43.0 Å². The van der Waals surface area contributed by atoms with E-state index < -0.39 is 40.9 Å². The van der Waals surface area contributed by atoms with Gasteiger partial charge in [-0.2, -0.15) is 4.31 Å². The molecule has 1 amide bonds. The minimum absolute atomic E-state index is 0.0645. The molecule has 1 aromatic rings. The van der Waals surface area contributed by atoms with Gasteiger partial charge in [0, 0.05) is 13.0 Å². The zero-order valence-corrected chi connectivity index (χ0v) is 18.6. The fraction of sp³-hybridized carbons (Fsp3) is 0.571. The summed E-state index contributed by atoms with van der Waals surface area (Å²) in [6.45, 7) is 2.88. The van der Waals surface area contributed by atoms with E-state index in [9.17, 15) is 17.6 Å². The van der Waals surface area contributed by atoms with Gasteiger partial charge in [-0.25, -0.2) is 23.1 Å². The van der Waals surface area contributed by atoms with Crippen LogP contribution in [0.1, 0.15) is 33.1 Å². The SMILES string of the molecule is C#CCN([C@@H](C(=O)NOC1CCCCO1)C(C)C)S(=O)(=O)c1ccc(OCCF)cc1. The standard InChI is InChI=1S/C21H29FN2O6S/c1-4-13-24(31(26,27)18-10-8-17(9-11-18)28-15-12-22)20(16(2)3)21(25)23-30-19-7-5-6-14-29-19/h1,8-11,16,19-20H,5-7,12-15H2,2-3H3,(H,23,25)/t19?,20-/m1/s1. The zero-order chi connectivity index (χ0) is 22.9. The molecule has 0 spiro atoms. The summed E-state index contributed by atoms with van der Waals surface area (Å²) in [5, 5.41) is 0. The molecule has 0 bridgehead atoms. The molecule has 31 heavy (non-hydrogen) atoms. The Morgan fingerprint density at radius 3 is 2.61 bits per heavy atom. The number of alkyl halides is 1. The van der Waals surface area contributed by atoms with E-state index in [-0.39, 0.29) is 18.0 Å². The fourth-order valence-corrected chi connectivity index (χ4v) is 4.81. The summed E-state index contributed by atoms with van der Waals surface area (Å²) in [5.41, 5.74) is 2.33.